The van der Waals surface area contributed by atoms with E-state index >= 15 is 0 Å². The van der Waals surface area contributed by atoms with Gasteiger partial charge in [-0.1, -0.05) is 0 Å². The second-order valence-electron chi connectivity index (χ2n) is 5.48. The fourth-order valence-corrected chi connectivity index (χ4v) is 3.33. The number of ether oxygens (including phenoxy) is 1. The molecule has 2 rings (SSSR count). The number of carbonyl (C=O) groups excluding carboxylic acids is 1. The molecule has 2 aromatic rings. The summed E-state index contributed by atoms with van der Waals surface area (Å²) in [5.41, 5.74) is 1.00. The standard InChI is InChI=1S/C16H22N2O5S.ClH/c1-5-22-16(19)15-11(3)13-8-12(6-7-14(13)23-15)24(20,21)18-9-10(2)17-4;/h6-8,10,17-18H,5,9H2,1-4H3;1H. The van der Waals surface area contributed by atoms with E-state index in [4.69, 9.17) is 9.15 Å². The topological polar surface area (TPSA) is 97.6 Å². The molecular weight excluding hydrogens is 368 g/mol. The van der Waals surface area contributed by atoms with Crippen LogP contribution in [0.4, 0.5) is 0 Å². The van der Waals surface area contributed by atoms with E-state index in [9.17, 15) is 13.2 Å². The normalized spacial score (nSPS) is 12.6. The minimum Gasteiger partial charge on any atom is -0.460 e. The zero-order valence-corrected chi connectivity index (χ0v) is 16.2. The Hall–Kier alpha value is -1.61. The average Bonchev–Trinajstić information content (AvgIpc) is 2.89. The number of benzene rings is 1. The Labute approximate surface area is 153 Å². The van der Waals surface area contributed by atoms with Gasteiger partial charge in [0.25, 0.3) is 0 Å². The molecule has 1 aromatic carbocycles. The smallest absolute Gasteiger partial charge is 0.374 e. The highest BCUT2D eigenvalue weighted by molar-refractivity contribution is 7.89. The van der Waals surface area contributed by atoms with Crippen LogP contribution < -0.4 is 10.0 Å². The predicted octanol–water partition coefficient (Wildman–Crippen LogP) is 2.23. The highest BCUT2D eigenvalue weighted by Crippen LogP contribution is 2.28. The van der Waals surface area contributed by atoms with Crippen LogP contribution >= 0.6 is 12.4 Å². The zero-order valence-electron chi connectivity index (χ0n) is 14.6. The molecule has 0 fully saturated rings. The van der Waals surface area contributed by atoms with Gasteiger partial charge in [0.2, 0.25) is 15.8 Å². The summed E-state index contributed by atoms with van der Waals surface area (Å²) in [4.78, 5) is 12.0. The van der Waals surface area contributed by atoms with Crippen molar-refractivity contribution in [3.8, 4) is 0 Å². The van der Waals surface area contributed by atoms with Gasteiger partial charge in [-0.15, -0.1) is 12.4 Å². The number of aryl methyl sites for hydroxylation is 1. The Kier molecular flexibility index (Phi) is 7.43. The molecule has 1 atom stereocenters. The van der Waals surface area contributed by atoms with Gasteiger partial charge in [-0.25, -0.2) is 17.9 Å². The number of esters is 1. The Balaban J connectivity index is 0.00000312. The molecule has 1 aromatic heterocycles. The SMILES string of the molecule is CCOC(=O)c1oc2ccc(S(=O)(=O)NCC(C)NC)cc2c1C.Cl. The van der Waals surface area contributed by atoms with Crippen molar-refractivity contribution in [3.05, 3.63) is 29.5 Å². The van der Waals surface area contributed by atoms with E-state index in [-0.39, 0.29) is 42.3 Å². The van der Waals surface area contributed by atoms with Crippen LogP contribution in [0.3, 0.4) is 0 Å². The van der Waals surface area contributed by atoms with Gasteiger partial charge in [-0.05, 0) is 46.0 Å². The van der Waals surface area contributed by atoms with Crippen molar-refractivity contribution in [1.82, 2.24) is 10.0 Å². The van der Waals surface area contributed by atoms with Crippen LogP contribution in [0, 0.1) is 6.92 Å². The molecule has 0 radical (unpaired) electrons. The van der Waals surface area contributed by atoms with E-state index in [1.807, 2.05) is 6.92 Å². The Bertz CT molecular complexity index is 848. The van der Waals surface area contributed by atoms with Gasteiger partial charge in [-0.2, -0.15) is 0 Å². The van der Waals surface area contributed by atoms with Crippen LogP contribution in [0.1, 0.15) is 30.0 Å². The Morgan fingerprint density at radius 1 is 1.36 bits per heavy atom. The number of nitrogens with one attached hydrogen (secondary N) is 2. The number of rotatable bonds is 7. The van der Waals surface area contributed by atoms with Gasteiger partial charge >= 0.3 is 5.97 Å². The molecule has 0 aliphatic carbocycles. The number of hydrogen-bond donors (Lipinski definition) is 2. The van der Waals surface area contributed by atoms with Crippen LogP contribution in [-0.4, -0.2) is 40.6 Å². The number of sulfonamides is 1. The number of fused-ring (bicyclic) bond motifs is 1. The summed E-state index contributed by atoms with van der Waals surface area (Å²) in [6, 6.07) is 4.51. The lowest BCUT2D eigenvalue weighted by atomic mass is 10.1. The molecule has 9 heteroatoms. The molecule has 25 heavy (non-hydrogen) atoms. The number of hydrogen-bond acceptors (Lipinski definition) is 6. The molecule has 140 valence electrons. The molecule has 0 aliphatic rings. The minimum atomic E-state index is -3.64. The van der Waals surface area contributed by atoms with Crippen molar-refractivity contribution in [2.24, 2.45) is 0 Å². The number of halogens is 1. The zero-order chi connectivity index (χ0) is 17.9. The minimum absolute atomic E-state index is 0. The maximum atomic E-state index is 12.4. The van der Waals surface area contributed by atoms with E-state index in [1.54, 1.807) is 27.0 Å². The lowest BCUT2D eigenvalue weighted by Crippen LogP contribution is -2.37. The van der Waals surface area contributed by atoms with Gasteiger partial charge < -0.3 is 14.5 Å². The molecule has 0 aliphatic heterocycles. The van der Waals surface area contributed by atoms with E-state index in [0.717, 1.165) is 0 Å². The monoisotopic (exact) mass is 390 g/mol. The molecule has 0 saturated carbocycles. The molecule has 0 bridgehead atoms. The van der Waals surface area contributed by atoms with Gasteiger partial charge in [0, 0.05) is 23.5 Å². The van der Waals surface area contributed by atoms with Crippen LogP contribution in [0.5, 0.6) is 0 Å². The summed E-state index contributed by atoms with van der Waals surface area (Å²) in [7, 11) is -1.88. The van der Waals surface area contributed by atoms with Crippen molar-refractivity contribution >= 4 is 39.4 Å². The number of carbonyl (C=O) groups is 1. The number of likely N-dealkylation sites (N-methyl/N-ethyl adjacent to an activating group) is 1. The fourth-order valence-electron chi connectivity index (χ4n) is 2.18. The Morgan fingerprint density at radius 3 is 2.64 bits per heavy atom. The highest BCUT2D eigenvalue weighted by Gasteiger charge is 2.21. The summed E-state index contributed by atoms with van der Waals surface area (Å²) in [6.45, 7) is 5.79. The average molecular weight is 391 g/mol. The van der Waals surface area contributed by atoms with Crippen molar-refractivity contribution < 1.29 is 22.4 Å². The summed E-state index contributed by atoms with van der Waals surface area (Å²) >= 11 is 0. The van der Waals surface area contributed by atoms with Gasteiger partial charge in [0.15, 0.2) is 0 Å². The van der Waals surface area contributed by atoms with Crippen LogP contribution in [0.15, 0.2) is 27.5 Å². The molecule has 0 spiro atoms. The third-order valence-corrected chi connectivity index (χ3v) is 5.17. The van der Waals surface area contributed by atoms with E-state index in [2.05, 4.69) is 10.0 Å². The molecule has 1 heterocycles. The first kappa shape index (κ1) is 21.4. The first-order valence-electron chi connectivity index (χ1n) is 7.67. The van der Waals surface area contributed by atoms with Crippen LogP contribution in [0.25, 0.3) is 11.0 Å². The molecule has 0 amide bonds. The van der Waals surface area contributed by atoms with E-state index in [0.29, 0.717) is 16.5 Å². The third-order valence-electron chi connectivity index (χ3n) is 3.75. The fraction of sp³-hybridized carbons (Fsp3) is 0.438. The van der Waals surface area contributed by atoms with Gasteiger partial charge in [0.1, 0.15) is 5.58 Å². The maximum Gasteiger partial charge on any atom is 0.374 e. The first-order valence-corrected chi connectivity index (χ1v) is 9.15. The lowest BCUT2D eigenvalue weighted by molar-refractivity contribution is 0.0491. The van der Waals surface area contributed by atoms with Gasteiger partial charge in [0.05, 0.1) is 11.5 Å². The molecule has 1 unspecified atom stereocenters. The van der Waals surface area contributed by atoms with Crippen molar-refractivity contribution in [2.45, 2.75) is 31.7 Å². The predicted molar refractivity (Wildman–Crippen MR) is 97.9 cm³/mol. The maximum absolute atomic E-state index is 12.4. The third kappa shape index (κ3) is 4.72. The lowest BCUT2D eigenvalue weighted by Gasteiger charge is -2.12. The molecule has 2 N–H and O–H groups in total. The Morgan fingerprint density at radius 2 is 2.04 bits per heavy atom. The molecule has 0 saturated heterocycles. The second kappa shape index (κ2) is 8.66. The number of furan rings is 1. The highest BCUT2D eigenvalue weighted by atomic mass is 35.5. The van der Waals surface area contributed by atoms with E-state index in [1.165, 1.54) is 12.1 Å². The second-order valence-corrected chi connectivity index (χ2v) is 7.24. The van der Waals surface area contributed by atoms with Crippen LogP contribution in [-0.2, 0) is 14.8 Å². The summed E-state index contributed by atoms with van der Waals surface area (Å²) in [5, 5.41) is 3.53. The van der Waals surface area contributed by atoms with Crippen molar-refractivity contribution in [1.29, 1.82) is 0 Å². The summed E-state index contributed by atoms with van der Waals surface area (Å²) in [5.74, 6) is -0.463. The largest absolute Gasteiger partial charge is 0.460 e. The van der Waals surface area contributed by atoms with E-state index < -0.39 is 16.0 Å². The molecule has 7 nitrogen and oxygen atoms in total. The quantitative estimate of drug-likeness (QED) is 0.703. The van der Waals surface area contributed by atoms with Crippen molar-refractivity contribution in [3.63, 3.8) is 0 Å². The molecular formula is C16H23ClN2O5S. The first-order chi connectivity index (χ1) is 11.3. The summed E-state index contributed by atoms with van der Waals surface area (Å²) in [6.07, 6.45) is 0. The van der Waals surface area contributed by atoms with Gasteiger partial charge in [-0.3, -0.25) is 0 Å². The van der Waals surface area contributed by atoms with Crippen molar-refractivity contribution in [2.75, 3.05) is 20.2 Å². The van der Waals surface area contributed by atoms with Crippen LogP contribution in [0.2, 0.25) is 0 Å². The summed E-state index contributed by atoms with van der Waals surface area (Å²) < 4.78 is 37.8.